The quantitative estimate of drug-likeness (QED) is 0.782. The fourth-order valence-corrected chi connectivity index (χ4v) is 1.92. The highest BCUT2D eigenvalue weighted by Gasteiger charge is 2.03. The molecule has 0 aliphatic carbocycles. The van der Waals surface area contributed by atoms with Crippen molar-refractivity contribution in [3.63, 3.8) is 0 Å². The first kappa shape index (κ1) is 11.4. The van der Waals surface area contributed by atoms with E-state index in [1.165, 1.54) is 0 Å². The molecule has 16 heavy (non-hydrogen) atoms. The Labute approximate surface area is 107 Å². The molecule has 1 aromatic carbocycles. The van der Waals surface area contributed by atoms with Crippen molar-refractivity contribution in [3.8, 4) is 11.5 Å². The van der Waals surface area contributed by atoms with Crippen LogP contribution < -0.4 is 4.74 Å². The molecule has 1 aromatic heterocycles. The smallest absolute Gasteiger partial charge is 0.147 e. The van der Waals surface area contributed by atoms with E-state index in [4.69, 9.17) is 16.3 Å². The number of aromatic nitrogens is 1. The summed E-state index contributed by atoms with van der Waals surface area (Å²) in [6, 6.07) is 9.55. The highest BCUT2D eigenvalue weighted by atomic mass is 79.9. The van der Waals surface area contributed by atoms with Gasteiger partial charge >= 0.3 is 0 Å². The van der Waals surface area contributed by atoms with Crippen molar-refractivity contribution in [2.24, 2.45) is 0 Å². The van der Waals surface area contributed by atoms with Gasteiger partial charge in [-0.3, -0.25) is 4.98 Å². The summed E-state index contributed by atoms with van der Waals surface area (Å²) in [5, 5.41) is 1.31. The molecule has 0 radical (unpaired) electrons. The van der Waals surface area contributed by atoms with E-state index in [0.717, 1.165) is 16.6 Å². The molecular formula is C12H9BrClNO. The highest BCUT2D eigenvalue weighted by molar-refractivity contribution is 9.08. The van der Waals surface area contributed by atoms with Gasteiger partial charge in [-0.25, -0.2) is 0 Å². The van der Waals surface area contributed by atoms with Crippen molar-refractivity contribution in [1.29, 1.82) is 0 Å². The minimum Gasteiger partial charge on any atom is -0.455 e. The first-order valence-corrected chi connectivity index (χ1v) is 6.22. The minimum atomic E-state index is 0.564. The van der Waals surface area contributed by atoms with Crippen LogP contribution in [0.15, 0.2) is 42.7 Å². The van der Waals surface area contributed by atoms with E-state index in [1.807, 2.05) is 24.3 Å². The molecule has 0 atom stereocenters. The SMILES string of the molecule is Clc1cncc(Oc2ccccc2CBr)c1. The van der Waals surface area contributed by atoms with Crippen LogP contribution >= 0.6 is 27.5 Å². The van der Waals surface area contributed by atoms with Crippen LogP contribution in [0.5, 0.6) is 11.5 Å². The first-order chi connectivity index (χ1) is 7.79. The molecule has 2 rings (SSSR count). The van der Waals surface area contributed by atoms with Crippen molar-refractivity contribution < 1.29 is 4.74 Å². The van der Waals surface area contributed by atoms with E-state index in [9.17, 15) is 0 Å². The Morgan fingerprint density at radius 3 is 2.81 bits per heavy atom. The maximum Gasteiger partial charge on any atom is 0.147 e. The first-order valence-electron chi connectivity index (χ1n) is 4.72. The lowest BCUT2D eigenvalue weighted by atomic mass is 10.2. The lowest BCUT2D eigenvalue weighted by Gasteiger charge is -2.08. The molecule has 0 aliphatic heterocycles. The van der Waals surface area contributed by atoms with Crippen LogP contribution in [0.3, 0.4) is 0 Å². The van der Waals surface area contributed by atoms with E-state index in [-0.39, 0.29) is 0 Å². The summed E-state index contributed by atoms with van der Waals surface area (Å²) < 4.78 is 5.70. The molecule has 0 fully saturated rings. The van der Waals surface area contributed by atoms with Crippen LogP contribution in [0.4, 0.5) is 0 Å². The van der Waals surface area contributed by atoms with E-state index < -0.39 is 0 Å². The summed E-state index contributed by atoms with van der Waals surface area (Å²) in [7, 11) is 0. The summed E-state index contributed by atoms with van der Waals surface area (Å²) >= 11 is 9.25. The van der Waals surface area contributed by atoms with Gasteiger partial charge in [-0.15, -0.1) is 0 Å². The molecule has 0 amide bonds. The average molecular weight is 299 g/mol. The number of pyridine rings is 1. The number of alkyl halides is 1. The number of benzene rings is 1. The van der Waals surface area contributed by atoms with E-state index >= 15 is 0 Å². The van der Waals surface area contributed by atoms with Gasteiger partial charge in [0.2, 0.25) is 0 Å². The third kappa shape index (κ3) is 2.74. The van der Waals surface area contributed by atoms with Crippen molar-refractivity contribution in [2.75, 3.05) is 0 Å². The molecule has 82 valence electrons. The largest absolute Gasteiger partial charge is 0.455 e. The summed E-state index contributed by atoms with van der Waals surface area (Å²) in [4.78, 5) is 3.97. The molecule has 0 unspecified atom stereocenters. The van der Waals surface area contributed by atoms with Gasteiger partial charge in [0.25, 0.3) is 0 Å². The second-order valence-corrected chi connectivity index (χ2v) is 4.18. The molecule has 0 bridgehead atoms. The van der Waals surface area contributed by atoms with Gasteiger partial charge in [-0.1, -0.05) is 45.7 Å². The molecule has 0 spiro atoms. The number of hydrogen-bond donors (Lipinski definition) is 0. The van der Waals surface area contributed by atoms with E-state index in [1.54, 1.807) is 18.5 Å². The maximum atomic E-state index is 5.83. The molecule has 2 nitrogen and oxygen atoms in total. The molecule has 1 heterocycles. The number of halogens is 2. The Kier molecular flexibility index (Phi) is 3.80. The Bertz CT molecular complexity index is 490. The lowest BCUT2D eigenvalue weighted by molar-refractivity contribution is 0.476. The topological polar surface area (TPSA) is 22.1 Å². The third-order valence-electron chi connectivity index (χ3n) is 2.02. The van der Waals surface area contributed by atoms with Gasteiger partial charge in [-0.05, 0) is 6.07 Å². The molecule has 0 saturated heterocycles. The zero-order chi connectivity index (χ0) is 11.4. The van der Waals surface area contributed by atoms with Gasteiger partial charge in [0.15, 0.2) is 0 Å². The van der Waals surface area contributed by atoms with E-state index in [2.05, 4.69) is 20.9 Å². The predicted molar refractivity (Wildman–Crippen MR) is 68.4 cm³/mol. The lowest BCUT2D eigenvalue weighted by Crippen LogP contribution is -1.89. The number of nitrogens with zero attached hydrogens (tertiary/aromatic N) is 1. The normalized spacial score (nSPS) is 10.1. The number of hydrogen-bond acceptors (Lipinski definition) is 2. The number of ether oxygens (including phenoxy) is 1. The van der Waals surface area contributed by atoms with Crippen LogP contribution in [0.2, 0.25) is 5.02 Å². The number of para-hydroxylation sites is 1. The van der Waals surface area contributed by atoms with Gasteiger partial charge in [0.05, 0.1) is 11.2 Å². The van der Waals surface area contributed by atoms with Crippen LogP contribution in [-0.2, 0) is 5.33 Å². The molecule has 0 saturated carbocycles. The Balaban J connectivity index is 2.26. The van der Waals surface area contributed by atoms with Crippen molar-refractivity contribution in [1.82, 2.24) is 4.98 Å². The Morgan fingerprint density at radius 1 is 1.25 bits per heavy atom. The zero-order valence-electron chi connectivity index (χ0n) is 8.36. The number of rotatable bonds is 3. The fraction of sp³-hybridized carbons (Fsp3) is 0.0833. The summed E-state index contributed by atoms with van der Waals surface area (Å²) in [6.07, 6.45) is 3.21. The summed E-state index contributed by atoms with van der Waals surface area (Å²) in [5.74, 6) is 1.45. The van der Waals surface area contributed by atoms with E-state index in [0.29, 0.717) is 10.8 Å². The zero-order valence-corrected chi connectivity index (χ0v) is 10.7. The van der Waals surface area contributed by atoms with Gasteiger partial charge in [0.1, 0.15) is 11.5 Å². The molecular weight excluding hydrogens is 289 g/mol. The average Bonchev–Trinajstić information content (AvgIpc) is 2.30. The van der Waals surface area contributed by atoms with Gasteiger partial charge < -0.3 is 4.74 Å². The monoisotopic (exact) mass is 297 g/mol. The van der Waals surface area contributed by atoms with Crippen molar-refractivity contribution >= 4 is 27.5 Å². The van der Waals surface area contributed by atoms with Crippen LogP contribution in [0, 0.1) is 0 Å². The van der Waals surface area contributed by atoms with Crippen LogP contribution in [0.25, 0.3) is 0 Å². The molecule has 2 aromatic rings. The highest BCUT2D eigenvalue weighted by Crippen LogP contribution is 2.27. The second-order valence-electron chi connectivity index (χ2n) is 3.18. The van der Waals surface area contributed by atoms with Crippen LogP contribution in [0.1, 0.15) is 5.56 Å². The van der Waals surface area contributed by atoms with Gasteiger partial charge in [0, 0.05) is 23.2 Å². The Morgan fingerprint density at radius 2 is 2.06 bits per heavy atom. The maximum absolute atomic E-state index is 5.83. The van der Waals surface area contributed by atoms with Crippen LogP contribution in [-0.4, -0.2) is 4.98 Å². The van der Waals surface area contributed by atoms with Gasteiger partial charge in [-0.2, -0.15) is 0 Å². The molecule has 4 heteroatoms. The third-order valence-corrected chi connectivity index (χ3v) is 2.83. The standard InChI is InChI=1S/C12H9BrClNO/c13-6-9-3-1-2-4-12(9)16-11-5-10(14)7-15-8-11/h1-5,7-8H,6H2. The minimum absolute atomic E-state index is 0.564. The Hall–Kier alpha value is -1.06. The van der Waals surface area contributed by atoms with Crippen molar-refractivity contribution in [3.05, 3.63) is 53.3 Å². The fourth-order valence-electron chi connectivity index (χ4n) is 1.29. The van der Waals surface area contributed by atoms with Crippen molar-refractivity contribution in [2.45, 2.75) is 5.33 Å². The summed E-state index contributed by atoms with van der Waals surface area (Å²) in [6.45, 7) is 0. The predicted octanol–water partition coefficient (Wildman–Crippen LogP) is 4.42. The molecule has 0 aliphatic rings. The summed E-state index contributed by atoms with van der Waals surface area (Å²) in [5.41, 5.74) is 1.09. The molecule has 0 N–H and O–H groups in total. The second kappa shape index (κ2) is 5.32.